The van der Waals surface area contributed by atoms with Crippen molar-refractivity contribution in [3.8, 4) is 0 Å². The van der Waals surface area contributed by atoms with Crippen LogP contribution in [0.2, 0.25) is 5.02 Å². The largest absolute Gasteiger partial charge is 0.480 e. The number of likely N-dealkylation sites (tertiary alicyclic amines) is 1. The van der Waals surface area contributed by atoms with E-state index in [1.807, 2.05) is 0 Å². The third-order valence-electron chi connectivity index (χ3n) is 3.82. The predicted octanol–water partition coefficient (Wildman–Crippen LogP) is 1.75. The van der Waals surface area contributed by atoms with E-state index in [-0.39, 0.29) is 10.7 Å². The first-order valence-electron chi connectivity index (χ1n) is 7.36. The maximum Gasteiger partial charge on any atom is 0.323 e. The van der Waals surface area contributed by atoms with Gasteiger partial charge in [0.15, 0.2) is 0 Å². The highest BCUT2D eigenvalue weighted by Gasteiger charge is 2.48. The number of hydrogen-bond acceptors (Lipinski definition) is 6. The van der Waals surface area contributed by atoms with E-state index in [4.69, 9.17) is 28.9 Å². The zero-order valence-electron chi connectivity index (χ0n) is 13.0. The van der Waals surface area contributed by atoms with Crippen molar-refractivity contribution < 1.29 is 24.3 Å². The minimum Gasteiger partial charge on any atom is -0.480 e. The molecule has 2 fully saturated rings. The Kier molecular flexibility index (Phi) is 5.12. The van der Waals surface area contributed by atoms with Crippen LogP contribution in [0.25, 0.3) is 6.08 Å². The highest BCUT2D eigenvalue weighted by molar-refractivity contribution is 8.26. The number of benzene rings is 1. The van der Waals surface area contributed by atoms with Crippen LogP contribution in [0.15, 0.2) is 29.2 Å². The minimum atomic E-state index is -1.31. The second-order valence-electron chi connectivity index (χ2n) is 5.54. The van der Waals surface area contributed by atoms with E-state index < -0.39 is 36.3 Å². The molecular weight excluding hydrogens is 400 g/mol. The summed E-state index contributed by atoms with van der Waals surface area (Å²) in [5.41, 5.74) is 0.733. The summed E-state index contributed by atoms with van der Waals surface area (Å²) in [5, 5.41) is 9.37. The number of amides is 3. The smallest absolute Gasteiger partial charge is 0.323 e. The van der Waals surface area contributed by atoms with Crippen molar-refractivity contribution in [2.45, 2.75) is 12.5 Å². The third-order valence-corrected chi connectivity index (χ3v) is 5.40. The molecule has 134 valence electrons. The molecule has 0 aliphatic carbocycles. The fourth-order valence-corrected chi connectivity index (χ4v) is 4.11. The second kappa shape index (κ2) is 7.18. The predicted molar refractivity (Wildman–Crippen MR) is 99.2 cm³/mol. The van der Waals surface area contributed by atoms with Gasteiger partial charge in [0.1, 0.15) is 16.9 Å². The number of halogens is 1. The fraction of sp³-hybridized carbons (Fsp3) is 0.188. The average Bonchev–Trinajstić information content (AvgIpc) is 2.99. The number of imide groups is 1. The lowest BCUT2D eigenvalue weighted by Gasteiger charge is -2.20. The van der Waals surface area contributed by atoms with Gasteiger partial charge in [0.05, 0.1) is 11.3 Å². The number of carboxylic acids is 1. The van der Waals surface area contributed by atoms with Gasteiger partial charge in [-0.2, -0.15) is 0 Å². The van der Waals surface area contributed by atoms with Gasteiger partial charge < -0.3 is 5.11 Å². The van der Waals surface area contributed by atoms with Gasteiger partial charge in [-0.25, -0.2) is 0 Å². The van der Waals surface area contributed by atoms with Crippen molar-refractivity contribution in [3.63, 3.8) is 0 Å². The molecule has 3 amide bonds. The van der Waals surface area contributed by atoms with Crippen molar-refractivity contribution in [1.82, 2.24) is 9.80 Å². The Hall–Kier alpha value is -2.23. The molecule has 1 aromatic carbocycles. The van der Waals surface area contributed by atoms with Gasteiger partial charge in [0.25, 0.3) is 11.8 Å². The van der Waals surface area contributed by atoms with E-state index in [0.717, 1.165) is 22.2 Å². The topological polar surface area (TPSA) is 95.0 Å². The summed E-state index contributed by atoms with van der Waals surface area (Å²) in [6, 6.07) is 5.71. The number of carbonyl (C=O) groups excluding carboxylic acids is 3. The van der Waals surface area contributed by atoms with Gasteiger partial charge in [-0.3, -0.25) is 29.0 Å². The van der Waals surface area contributed by atoms with Gasteiger partial charge in [-0.15, -0.1) is 0 Å². The Morgan fingerprint density at radius 2 is 1.96 bits per heavy atom. The number of nitrogens with zero attached hydrogens (tertiary/aromatic N) is 2. The number of carbonyl (C=O) groups is 4. The van der Waals surface area contributed by atoms with Crippen LogP contribution in [0.5, 0.6) is 0 Å². The summed E-state index contributed by atoms with van der Waals surface area (Å²) in [6.07, 6.45) is 1.33. The lowest BCUT2D eigenvalue weighted by Crippen LogP contribution is -2.45. The Bertz CT molecular complexity index is 868. The second-order valence-corrected chi connectivity index (χ2v) is 7.65. The highest BCUT2D eigenvalue weighted by atomic mass is 35.5. The molecular formula is C16H11ClN2O5S2. The van der Waals surface area contributed by atoms with Gasteiger partial charge in [-0.1, -0.05) is 47.7 Å². The molecule has 0 saturated carbocycles. The number of carboxylic acid groups (broad SMARTS) is 1. The van der Waals surface area contributed by atoms with Gasteiger partial charge in [-0.05, 0) is 23.8 Å². The molecule has 1 atom stereocenters. The molecule has 10 heteroatoms. The van der Waals surface area contributed by atoms with Crippen molar-refractivity contribution >= 4 is 69.7 Å². The van der Waals surface area contributed by atoms with Crippen LogP contribution in [-0.4, -0.2) is 55.5 Å². The summed E-state index contributed by atoms with van der Waals surface area (Å²) in [6.45, 7) is -0.733. The molecule has 26 heavy (non-hydrogen) atoms. The number of hydrogen-bond donors (Lipinski definition) is 1. The molecule has 1 unspecified atom stereocenters. The van der Waals surface area contributed by atoms with Crippen molar-refractivity contribution in [1.29, 1.82) is 0 Å². The normalized spacial score (nSPS) is 22.0. The van der Waals surface area contributed by atoms with E-state index in [9.17, 15) is 19.2 Å². The molecule has 1 N–H and O–H groups in total. The highest BCUT2D eigenvalue weighted by Crippen LogP contribution is 2.36. The Morgan fingerprint density at radius 3 is 2.58 bits per heavy atom. The van der Waals surface area contributed by atoms with Crippen LogP contribution in [0.1, 0.15) is 12.0 Å². The Balaban J connectivity index is 1.83. The maximum absolute atomic E-state index is 12.7. The zero-order chi connectivity index (χ0) is 19.0. The first kappa shape index (κ1) is 18.6. The molecule has 2 aliphatic rings. The molecule has 1 aromatic rings. The summed E-state index contributed by atoms with van der Waals surface area (Å²) in [4.78, 5) is 49.8. The van der Waals surface area contributed by atoms with E-state index in [2.05, 4.69) is 0 Å². The van der Waals surface area contributed by atoms with Crippen molar-refractivity contribution in [2.75, 3.05) is 6.54 Å². The van der Waals surface area contributed by atoms with Crippen molar-refractivity contribution in [3.05, 3.63) is 39.8 Å². The van der Waals surface area contributed by atoms with E-state index >= 15 is 0 Å². The molecule has 7 nitrogen and oxygen atoms in total. The number of rotatable bonds is 4. The SMILES string of the molecule is O=C(O)CN1C(=O)CC(N2C(=O)/C(=C/c3ccc(Cl)cc3)SC2=S)C1=O. The van der Waals surface area contributed by atoms with Crippen LogP contribution in [0.3, 0.4) is 0 Å². The van der Waals surface area contributed by atoms with Crippen LogP contribution in [0.4, 0.5) is 0 Å². The van der Waals surface area contributed by atoms with E-state index in [1.54, 1.807) is 30.3 Å². The van der Waals surface area contributed by atoms with Gasteiger partial charge in [0.2, 0.25) is 5.91 Å². The molecule has 2 saturated heterocycles. The minimum absolute atomic E-state index is 0.151. The number of thioether (sulfide) groups is 1. The fourth-order valence-electron chi connectivity index (χ4n) is 2.63. The van der Waals surface area contributed by atoms with Crippen LogP contribution in [0, 0.1) is 0 Å². The maximum atomic E-state index is 12.7. The first-order valence-corrected chi connectivity index (χ1v) is 8.97. The van der Waals surface area contributed by atoms with Crippen molar-refractivity contribution in [2.24, 2.45) is 0 Å². The van der Waals surface area contributed by atoms with Crippen LogP contribution in [-0.2, 0) is 19.2 Å². The summed E-state index contributed by atoms with van der Waals surface area (Å²) in [7, 11) is 0. The van der Waals surface area contributed by atoms with Gasteiger partial charge >= 0.3 is 5.97 Å². The third kappa shape index (κ3) is 3.50. The number of aliphatic carboxylic acids is 1. The monoisotopic (exact) mass is 410 g/mol. The molecule has 2 aliphatic heterocycles. The molecule has 0 radical (unpaired) electrons. The standard InChI is InChI=1S/C16H11ClN2O5S2/c17-9-3-1-8(2-4-9)5-11-15(24)19(16(25)26-11)10-6-12(20)18(14(10)23)7-13(21)22/h1-5,10H,6-7H2,(H,21,22)/b11-5-. The summed E-state index contributed by atoms with van der Waals surface area (Å²) in [5.74, 6) is -3.17. The summed E-state index contributed by atoms with van der Waals surface area (Å²) >= 11 is 12.0. The number of thiocarbonyl (C=S) groups is 1. The van der Waals surface area contributed by atoms with Crippen LogP contribution >= 0.6 is 35.6 Å². The molecule has 2 heterocycles. The Morgan fingerprint density at radius 1 is 1.31 bits per heavy atom. The molecule has 0 spiro atoms. The van der Waals surface area contributed by atoms with E-state index in [0.29, 0.717) is 14.8 Å². The van der Waals surface area contributed by atoms with Crippen LogP contribution < -0.4 is 0 Å². The van der Waals surface area contributed by atoms with Gasteiger partial charge in [0, 0.05) is 5.02 Å². The molecule has 0 bridgehead atoms. The Labute approximate surface area is 162 Å². The summed E-state index contributed by atoms with van der Waals surface area (Å²) < 4.78 is 0.151. The quantitative estimate of drug-likeness (QED) is 0.459. The molecule has 0 aromatic heterocycles. The zero-order valence-corrected chi connectivity index (χ0v) is 15.4. The first-order chi connectivity index (χ1) is 12.3. The molecule has 3 rings (SSSR count). The van der Waals surface area contributed by atoms with E-state index in [1.165, 1.54) is 0 Å². The lowest BCUT2D eigenvalue weighted by molar-refractivity contribution is -0.149. The lowest BCUT2D eigenvalue weighted by atomic mass is 10.2. The average molecular weight is 411 g/mol.